The Bertz CT molecular complexity index is 814. The summed E-state index contributed by atoms with van der Waals surface area (Å²) in [5, 5.41) is 2.95. The number of anilines is 1. The number of carbonyl (C=O) groups is 2. The maximum atomic E-state index is 12.6. The molecule has 0 bridgehead atoms. The van der Waals surface area contributed by atoms with E-state index in [1.165, 1.54) is 57.5 Å². The minimum atomic E-state index is -0.476. The minimum absolute atomic E-state index is 0.253. The highest BCUT2D eigenvalue weighted by molar-refractivity contribution is 6.03. The predicted molar refractivity (Wildman–Crippen MR) is 108 cm³/mol. The number of methoxy groups -OCH3 is 1. The van der Waals surface area contributed by atoms with Gasteiger partial charge < -0.3 is 10.1 Å². The van der Waals surface area contributed by atoms with Crippen molar-refractivity contribution in [2.45, 2.75) is 44.7 Å². The molecule has 1 saturated carbocycles. The standard InChI is InChI=1S/C22H27N3O3/c1-25(18-9-4-3-5-10-18)15-17-8-6-7-11-19(17)24-21(26)20-13-12-16(14-23-20)22(27)28-2/h6-8,11-14,18H,3-5,9-10,15H2,1-2H3,(H,24,26). The lowest BCUT2D eigenvalue weighted by Crippen LogP contribution is -2.33. The van der Waals surface area contributed by atoms with Crippen LogP contribution in [0.1, 0.15) is 58.5 Å². The van der Waals surface area contributed by atoms with E-state index in [4.69, 9.17) is 0 Å². The molecule has 0 atom stereocenters. The van der Waals surface area contributed by atoms with Crippen LogP contribution in [0.2, 0.25) is 0 Å². The van der Waals surface area contributed by atoms with Crippen LogP contribution in [-0.4, -0.2) is 42.0 Å². The van der Waals surface area contributed by atoms with E-state index in [1.807, 2.05) is 24.3 Å². The number of esters is 1. The molecule has 0 aliphatic heterocycles. The quantitative estimate of drug-likeness (QED) is 0.769. The van der Waals surface area contributed by atoms with E-state index < -0.39 is 5.97 Å². The Morgan fingerprint density at radius 3 is 2.57 bits per heavy atom. The number of pyridine rings is 1. The maximum absolute atomic E-state index is 12.6. The number of hydrogen-bond acceptors (Lipinski definition) is 5. The van der Waals surface area contributed by atoms with Crippen molar-refractivity contribution in [3.05, 3.63) is 59.4 Å². The molecule has 6 heteroatoms. The second-order valence-electron chi connectivity index (χ2n) is 7.24. The average Bonchev–Trinajstić information content (AvgIpc) is 2.75. The van der Waals surface area contributed by atoms with Crippen LogP contribution >= 0.6 is 0 Å². The van der Waals surface area contributed by atoms with Crippen molar-refractivity contribution < 1.29 is 14.3 Å². The molecule has 1 aliphatic rings. The summed E-state index contributed by atoms with van der Waals surface area (Å²) in [5.74, 6) is -0.778. The first-order chi connectivity index (χ1) is 13.6. The molecule has 1 N–H and O–H groups in total. The lowest BCUT2D eigenvalue weighted by molar-refractivity contribution is 0.0600. The molecule has 148 valence electrons. The number of carbonyl (C=O) groups excluding carboxylic acids is 2. The second kappa shape index (κ2) is 9.46. The summed E-state index contributed by atoms with van der Waals surface area (Å²) in [4.78, 5) is 30.6. The smallest absolute Gasteiger partial charge is 0.339 e. The van der Waals surface area contributed by atoms with E-state index in [1.54, 1.807) is 0 Å². The number of para-hydroxylation sites is 1. The fourth-order valence-corrected chi connectivity index (χ4v) is 3.65. The van der Waals surface area contributed by atoms with Crippen molar-refractivity contribution in [1.82, 2.24) is 9.88 Å². The van der Waals surface area contributed by atoms with Gasteiger partial charge in [-0.15, -0.1) is 0 Å². The van der Waals surface area contributed by atoms with Gasteiger partial charge in [0.15, 0.2) is 0 Å². The molecule has 28 heavy (non-hydrogen) atoms. The highest BCUT2D eigenvalue weighted by Gasteiger charge is 2.19. The predicted octanol–water partition coefficient (Wildman–Crippen LogP) is 3.89. The first kappa shape index (κ1) is 20.0. The van der Waals surface area contributed by atoms with Gasteiger partial charge in [0.05, 0.1) is 12.7 Å². The summed E-state index contributed by atoms with van der Waals surface area (Å²) in [6.45, 7) is 0.788. The SMILES string of the molecule is COC(=O)c1ccc(C(=O)Nc2ccccc2CN(C)C2CCCCC2)nc1. The Morgan fingerprint density at radius 1 is 1.14 bits per heavy atom. The zero-order valence-electron chi connectivity index (χ0n) is 16.5. The van der Waals surface area contributed by atoms with E-state index in [9.17, 15) is 9.59 Å². The molecule has 1 aromatic carbocycles. The monoisotopic (exact) mass is 381 g/mol. The molecule has 0 unspecified atom stereocenters. The van der Waals surface area contributed by atoms with Crippen LogP contribution in [0, 0.1) is 0 Å². The van der Waals surface area contributed by atoms with E-state index >= 15 is 0 Å². The number of amides is 1. The van der Waals surface area contributed by atoms with Crippen LogP contribution in [0.3, 0.4) is 0 Å². The Morgan fingerprint density at radius 2 is 1.89 bits per heavy atom. The number of nitrogens with zero attached hydrogens (tertiary/aromatic N) is 2. The Labute approximate surface area is 165 Å². The molecule has 0 saturated heterocycles. The topological polar surface area (TPSA) is 71.5 Å². The number of nitrogens with one attached hydrogen (secondary N) is 1. The normalized spacial score (nSPS) is 14.7. The van der Waals surface area contributed by atoms with Crippen molar-refractivity contribution in [3.8, 4) is 0 Å². The molecule has 1 heterocycles. The number of hydrogen-bond donors (Lipinski definition) is 1. The van der Waals surface area contributed by atoms with Gasteiger partial charge in [-0.05, 0) is 43.7 Å². The van der Waals surface area contributed by atoms with Gasteiger partial charge in [0, 0.05) is 24.5 Å². The summed E-state index contributed by atoms with van der Waals surface area (Å²) in [7, 11) is 3.46. The Kier molecular flexibility index (Phi) is 6.76. The molecule has 1 fully saturated rings. The van der Waals surface area contributed by atoms with Crippen LogP contribution < -0.4 is 5.32 Å². The average molecular weight is 381 g/mol. The highest BCUT2D eigenvalue weighted by atomic mass is 16.5. The lowest BCUT2D eigenvalue weighted by Gasteiger charge is -2.31. The van der Waals surface area contributed by atoms with E-state index in [2.05, 4.69) is 27.0 Å². The molecule has 0 spiro atoms. The summed E-state index contributed by atoms with van der Waals surface area (Å²) in [6, 6.07) is 11.5. The Balaban J connectivity index is 1.68. The first-order valence-corrected chi connectivity index (χ1v) is 9.72. The van der Waals surface area contributed by atoms with Gasteiger partial charge in [0.25, 0.3) is 5.91 Å². The van der Waals surface area contributed by atoms with Gasteiger partial charge in [-0.3, -0.25) is 14.7 Å². The van der Waals surface area contributed by atoms with Gasteiger partial charge >= 0.3 is 5.97 Å². The molecule has 6 nitrogen and oxygen atoms in total. The number of benzene rings is 1. The Hall–Kier alpha value is -2.73. The number of ether oxygens (including phenoxy) is 1. The van der Waals surface area contributed by atoms with Crippen LogP contribution in [0.15, 0.2) is 42.6 Å². The fraction of sp³-hybridized carbons (Fsp3) is 0.409. The van der Waals surface area contributed by atoms with Gasteiger partial charge in [-0.1, -0.05) is 37.5 Å². The van der Waals surface area contributed by atoms with E-state index in [-0.39, 0.29) is 11.6 Å². The molecule has 1 aromatic heterocycles. The summed E-state index contributed by atoms with van der Waals surface area (Å²) >= 11 is 0. The highest BCUT2D eigenvalue weighted by Crippen LogP contribution is 2.25. The van der Waals surface area contributed by atoms with E-state index in [0.717, 1.165) is 17.8 Å². The van der Waals surface area contributed by atoms with Gasteiger partial charge in [-0.2, -0.15) is 0 Å². The number of aromatic nitrogens is 1. The molecule has 1 amide bonds. The molecule has 1 aliphatic carbocycles. The number of rotatable bonds is 6. The van der Waals surface area contributed by atoms with Crippen molar-refractivity contribution in [3.63, 3.8) is 0 Å². The largest absolute Gasteiger partial charge is 0.465 e. The molecular formula is C22H27N3O3. The third-order valence-corrected chi connectivity index (χ3v) is 5.30. The van der Waals surface area contributed by atoms with Crippen molar-refractivity contribution in [2.24, 2.45) is 0 Å². The van der Waals surface area contributed by atoms with E-state index in [0.29, 0.717) is 11.6 Å². The summed E-state index contributed by atoms with van der Waals surface area (Å²) in [5.41, 5.74) is 2.43. The molecule has 3 rings (SSSR count). The molecule has 0 radical (unpaired) electrons. The zero-order valence-corrected chi connectivity index (χ0v) is 16.5. The van der Waals surface area contributed by atoms with Crippen molar-refractivity contribution in [2.75, 3.05) is 19.5 Å². The second-order valence-corrected chi connectivity index (χ2v) is 7.24. The van der Waals surface area contributed by atoms with Crippen LogP contribution in [-0.2, 0) is 11.3 Å². The fourth-order valence-electron chi connectivity index (χ4n) is 3.65. The van der Waals surface area contributed by atoms with Crippen molar-refractivity contribution in [1.29, 1.82) is 0 Å². The van der Waals surface area contributed by atoms with Gasteiger partial charge in [0.2, 0.25) is 0 Å². The third-order valence-electron chi connectivity index (χ3n) is 5.30. The molecular weight excluding hydrogens is 354 g/mol. The summed E-state index contributed by atoms with van der Waals surface area (Å²) in [6.07, 6.45) is 7.74. The molecule has 2 aromatic rings. The lowest BCUT2D eigenvalue weighted by atomic mass is 9.94. The van der Waals surface area contributed by atoms with Crippen LogP contribution in [0.25, 0.3) is 0 Å². The van der Waals surface area contributed by atoms with Crippen molar-refractivity contribution >= 4 is 17.6 Å². The summed E-state index contributed by atoms with van der Waals surface area (Å²) < 4.78 is 4.65. The van der Waals surface area contributed by atoms with Crippen LogP contribution in [0.5, 0.6) is 0 Å². The maximum Gasteiger partial charge on any atom is 0.339 e. The zero-order chi connectivity index (χ0) is 19.9. The van der Waals surface area contributed by atoms with Gasteiger partial charge in [0.1, 0.15) is 5.69 Å². The van der Waals surface area contributed by atoms with Crippen LogP contribution in [0.4, 0.5) is 5.69 Å². The third kappa shape index (κ3) is 4.95. The van der Waals surface area contributed by atoms with Gasteiger partial charge in [-0.25, -0.2) is 4.79 Å². The minimum Gasteiger partial charge on any atom is -0.465 e. The first-order valence-electron chi connectivity index (χ1n) is 9.72.